The molecule has 2 amide bonds. The van der Waals surface area contributed by atoms with Crippen LogP contribution < -0.4 is 16.4 Å². The van der Waals surface area contributed by atoms with E-state index in [1.54, 1.807) is 30.3 Å². The number of hydrogen-bond donors (Lipinski definition) is 5. The van der Waals surface area contributed by atoms with Crippen LogP contribution in [0.5, 0.6) is 0 Å². The van der Waals surface area contributed by atoms with Gasteiger partial charge in [-0.25, -0.2) is 14.4 Å². The quantitative estimate of drug-likeness (QED) is 0.239. The second-order valence-electron chi connectivity index (χ2n) is 9.85. The van der Waals surface area contributed by atoms with Crippen molar-refractivity contribution in [1.29, 1.82) is 0 Å². The maximum atomic E-state index is 13.1. The van der Waals surface area contributed by atoms with Gasteiger partial charge in [-0.1, -0.05) is 67.8 Å². The summed E-state index contributed by atoms with van der Waals surface area (Å²) < 4.78 is 37.0. The highest BCUT2D eigenvalue weighted by atomic mass is 19.4. The Bertz CT molecular complexity index is 1220. The summed E-state index contributed by atoms with van der Waals surface area (Å²) in [5, 5.41) is 22.0. The summed E-state index contributed by atoms with van der Waals surface area (Å²) in [6.45, 7) is -0.472. The predicted octanol–water partition coefficient (Wildman–Crippen LogP) is 2.68. The molecule has 3 atom stereocenters. The van der Waals surface area contributed by atoms with Crippen molar-refractivity contribution in [3.63, 3.8) is 0 Å². The molecular formula is C29H34F3N3O8. The lowest BCUT2D eigenvalue weighted by Gasteiger charge is -2.29. The van der Waals surface area contributed by atoms with E-state index in [-0.39, 0.29) is 17.9 Å². The van der Waals surface area contributed by atoms with Crippen molar-refractivity contribution in [3.8, 4) is 0 Å². The van der Waals surface area contributed by atoms with E-state index < -0.39 is 60.6 Å². The van der Waals surface area contributed by atoms with Crippen molar-refractivity contribution in [3.05, 3.63) is 71.8 Å². The number of halogens is 3. The zero-order valence-corrected chi connectivity index (χ0v) is 23.1. The number of nitrogens with one attached hydrogen (secondary N) is 2. The van der Waals surface area contributed by atoms with Crippen molar-refractivity contribution >= 4 is 29.7 Å². The minimum Gasteiger partial charge on any atom is -0.480 e. The van der Waals surface area contributed by atoms with Crippen LogP contribution in [0, 0.1) is 5.92 Å². The first kappa shape index (κ1) is 34.7. The van der Waals surface area contributed by atoms with Crippen LogP contribution in [-0.4, -0.2) is 70.8 Å². The molecule has 14 heteroatoms. The number of esters is 1. The fourth-order valence-electron chi connectivity index (χ4n) is 4.34. The van der Waals surface area contributed by atoms with Crippen LogP contribution in [0.25, 0.3) is 0 Å². The molecule has 6 N–H and O–H groups in total. The molecule has 11 nitrogen and oxygen atoms in total. The van der Waals surface area contributed by atoms with Crippen molar-refractivity contribution in [2.24, 2.45) is 11.7 Å². The van der Waals surface area contributed by atoms with E-state index >= 15 is 0 Å². The zero-order valence-electron chi connectivity index (χ0n) is 23.1. The number of carbonyl (C=O) groups excluding carboxylic acids is 3. The van der Waals surface area contributed by atoms with Gasteiger partial charge in [0.05, 0.1) is 11.6 Å². The summed E-state index contributed by atoms with van der Waals surface area (Å²) in [5.41, 5.74) is 7.20. The molecule has 0 aromatic heterocycles. The first-order valence-electron chi connectivity index (χ1n) is 13.4. The summed E-state index contributed by atoms with van der Waals surface area (Å²) in [4.78, 5) is 59.2. The van der Waals surface area contributed by atoms with E-state index in [0.717, 1.165) is 24.8 Å². The molecule has 3 rings (SSSR count). The Hall–Kier alpha value is -4.46. The molecule has 1 fully saturated rings. The number of rotatable bonds is 11. The highest BCUT2D eigenvalue weighted by Crippen LogP contribution is 2.26. The van der Waals surface area contributed by atoms with Crippen LogP contribution in [0.4, 0.5) is 13.2 Å². The standard InChI is InChI=1S/C27H33N3O6.C2HF3O2/c28-21(16-18-10-4-1-5-11-18)24(31)29-22(17-36-27(35)20-14-8-3-9-15-20)25(32)30-23(26(33)34)19-12-6-2-7-13-19;3-2(4,5)1(6)7/h1,3-5,8-11,14-15,19,21-23H,2,6-7,12-13,16-17,28H2,(H,29,31)(H,30,32)(H,33,34);(H,6,7)/t21-,22-,23-;/m0./s1. The van der Waals surface area contributed by atoms with Gasteiger partial charge < -0.3 is 31.3 Å². The molecule has 1 saturated carbocycles. The molecule has 234 valence electrons. The number of aliphatic carboxylic acids is 2. The molecule has 0 saturated heterocycles. The molecule has 0 unspecified atom stereocenters. The summed E-state index contributed by atoms with van der Waals surface area (Å²) in [6.07, 6.45) is -0.631. The minimum atomic E-state index is -5.08. The third kappa shape index (κ3) is 12.1. The van der Waals surface area contributed by atoms with E-state index in [2.05, 4.69) is 10.6 Å². The van der Waals surface area contributed by atoms with Crippen LogP contribution in [-0.2, 0) is 30.3 Å². The second-order valence-corrected chi connectivity index (χ2v) is 9.85. The first-order chi connectivity index (χ1) is 20.3. The maximum absolute atomic E-state index is 13.1. The predicted molar refractivity (Wildman–Crippen MR) is 147 cm³/mol. The number of carboxylic acid groups (broad SMARTS) is 2. The average molecular weight is 610 g/mol. The molecule has 0 aliphatic heterocycles. The number of hydrogen-bond acceptors (Lipinski definition) is 7. The Balaban J connectivity index is 0.000000821. The van der Waals surface area contributed by atoms with Crippen LogP contribution in [0.3, 0.4) is 0 Å². The maximum Gasteiger partial charge on any atom is 0.490 e. The number of benzene rings is 2. The molecule has 0 spiro atoms. The van der Waals surface area contributed by atoms with Crippen LogP contribution >= 0.6 is 0 Å². The topological polar surface area (TPSA) is 185 Å². The lowest BCUT2D eigenvalue weighted by molar-refractivity contribution is -0.192. The van der Waals surface area contributed by atoms with E-state index in [0.29, 0.717) is 12.8 Å². The third-order valence-electron chi connectivity index (χ3n) is 6.59. The van der Waals surface area contributed by atoms with Gasteiger partial charge in [0.2, 0.25) is 11.8 Å². The Morgan fingerprint density at radius 1 is 0.860 bits per heavy atom. The monoisotopic (exact) mass is 609 g/mol. The van der Waals surface area contributed by atoms with Gasteiger partial charge in [0, 0.05) is 0 Å². The zero-order chi connectivity index (χ0) is 32.0. The van der Waals surface area contributed by atoms with Gasteiger partial charge in [-0.2, -0.15) is 13.2 Å². The van der Waals surface area contributed by atoms with Crippen LogP contribution in [0.15, 0.2) is 60.7 Å². The molecule has 1 aliphatic carbocycles. The van der Waals surface area contributed by atoms with Gasteiger partial charge in [-0.15, -0.1) is 0 Å². The molecule has 2 aromatic rings. The number of amides is 2. The normalized spacial score (nSPS) is 15.4. The average Bonchev–Trinajstić information content (AvgIpc) is 2.98. The lowest BCUT2D eigenvalue weighted by atomic mass is 9.84. The Morgan fingerprint density at radius 2 is 1.40 bits per heavy atom. The minimum absolute atomic E-state index is 0.205. The van der Waals surface area contributed by atoms with Gasteiger partial charge in [-0.3, -0.25) is 9.59 Å². The molecule has 0 heterocycles. The summed E-state index contributed by atoms with van der Waals surface area (Å²) in [6, 6.07) is 14.0. The fourth-order valence-corrected chi connectivity index (χ4v) is 4.34. The molecule has 1 aliphatic rings. The van der Waals surface area contributed by atoms with E-state index in [4.69, 9.17) is 20.4 Å². The van der Waals surface area contributed by atoms with Gasteiger partial charge in [0.1, 0.15) is 18.7 Å². The van der Waals surface area contributed by atoms with Crippen molar-refractivity contribution < 1.29 is 52.1 Å². The SMILES string of the molecule is N[C@@H](Cc1ccccc1)C(=O)N[C@@H](COC(=O)c1ccccc1)C(=O)N[C@H](C(=O)O)C1CCCCC1.O=C(O)C(F)(F)F. The second kappa shape index (κ2) is 16.9. The summed E-state index contributed by atoms with van der Waals surface area (Å²) >= 11 is 0. The number of nitrogens with two attached hydrogens (primary N) is 1. The highest BCUT2D eigenvalue weighted by Gasteiger charge is 2.38. The fraction of sp³-hybridized carbons (Fsp3) is 0.414. The summed E-state index contributed by atoms with van der Waals surface area (Å²) in [5.74, 6) is -6.12. The Morgan fingerprint density at radius 3 is 1.91 bits per heavy atom. The van der Waals surface area contributed by atoms with E-state index in [1.165, 1.54) is 0 Å². The first-order valence-corrected chi connectivity index (χ1v) is 13.4. The third-order valence-corrected chi connectivity index (χ3v) is 6.59. The van der Waals surface area contributed by atoms with E-state index in [9.17, 15) is 37.5 Å². The lowest BCUT2D eigenvalue weighted by Crippen LogP contribution is -2.57. The van der Waals surface area contributed by atoms with Crippen LogP contribution in [0.1, 0.15) is 48.0 Å². The van der Waals surface area contributed by atoms with Gasteiger partial charge in [0.25, 0.3) is 0 Å². The molecule has 43 heavy (non-hydrogen) atoms. The Kier molecular flexibility index (Phi) is 13.6. The molecular weight excluding hydrogens is 575 g/mol. The summed E-state index contributed by atoms with van der Waals surface area (Å²) in [7, 11) is 0. The Labute approximate surface area is 245 Å². The smallest absolute Gasteiger partial charge is 0.480 e. The number of carbonyl (C=O) groups is 5. The molecule has 0 bridgehead atoms. The van der Waals surface area contributed by atoms with Crippen molar-refractivity contribution in [1.82, 2.24) is 10.6 Å². The van der Waals surface area contributed by atoms with E-state index in [1.807, 2.05) is 30.3 Å². The van der Waals surface area contributed by atoms with Gasteiger partial charge in [-0.05, 0) is 42.9 Å². The van der Waals surface area contributed by atoms with Gasteiger partial charge >= 0.3 is 24.1 Å². The largest absolute Gasteiger partial charge is 0.490 e. The molecule has 0 radical (unpaired) electrons. The van der Waals surface area contributed by atoms with Crippen LogP contribution in [0.2, 0.25) is 0 Å². The van der Waals surface area contributed by atoms with Gasteiger partial charge in [0.15, 0.2) is 0 Å². The number of ether oxygens (including phenoxy) is 1. The molecule has 2 aromatic carbocycles. The highest BCUT2D eigenvalue weighted by molar-refractivity contribution is 5.93. The van der Waals surface area contributed by atoms with Crippen molar-refractivity contribution in [2.75, 3.05) is 6.61 Å². The van der Waals surface area contributed by atoms with Crippen molar-refractivity contribution in [2.45, 2.75) is 62.8 Å². The number of carboxylic acids is 2. The number of alkyl halides is 3.